The number of rotatable bonds is 2. The molecule has 0 aromatic heterocycles. The summed E-state index contributed by atoms with van der Waals surface area (Å²) in [7, 11) is 0. The first-order valence-electron chi connectivity index (χ1n) is 6.65. The highest BCUT2D eigenvalue weighted by Gasteiger charge is 2.35. The predicted molar refractivity (Wildman–Crippen MR) is 88.1 cm³/mol. The van der Waals surface area contributed by atoms with Gasteiger partial charge in [-0.2, -0.15) is 0 Å². The Hall–Kier alpha value is -2.43. The molecule has 4 nitrogen and oxygen atoms in total. The van der Waals surface area contributed by atoms with E-state index in [4.69, 9.17) is 23.2 Å². The number of para-hydroxylation sites is 1. The molecule has 0 spiro atoms. The Kier molecular flexibility index (Phi) is 4.03. The molecule has 0 heterocycles. The Morgan fingerprint density at radius 2 is 1.39 bits per heavy atom. The largest absolute Gasteiger partial charge is 0.320 e. The highest BCUT2D eigenvalue weighted by atomic mass is 35.5. The number of hydrogen-bond acceptors (Lipinski definition) is 3. The molecule has 23 heavy (non-hydrogen) atoms. The van der Waals surface area contributed by atoms with Crippen LogP contribution in [0.2, 0.25) is 5.02 Å². The van der Waals surface area contributed by atoms with Gasteiger partial charge >= 0.3 is 0 Å². The first-order valence-corrected chi connectivity index (χ1v) is 7.40. The number of ketones is 2. The van der Waals surface area contributed by atoms with E-state index in [0.717, 1.165) is 0 Å². The molecule has 0 aliphatic heterocycles. The third-order valence-corrected chi connectivity index (χ3v) is 4.10. The second-order valence-corrected chi connectivity index (χ2v) is 5.61. The van der Waals surface area contributed by atoms with Crippen LogP contribution >= 0.6 is 23.2 Å². The fraction of sp³-hybridized carbons (Fsp3) is 0. The van der Waals surface area contributed by atoms with Crippen molar-refractivity contribution in [2.75, 3.05) is 5.32 Å². The number of anilines is 1. The number of carbonyl (C=O) groups is 3. The smallest absolute Gasteiger partial charge is 0.261 e. The van der Waals surface area contributed by atoms with E-state index in [9.17, 15) is 14.4 Å². The minimum Gasteiger partial charge on any atom is -0.320 e. The molecule has 3 rings (SSSR count). The van der Waals surface area contributed by atoms with Gasteiger partial charge in [0.15, 0.2) is 0 Å². The van der Waals surface area contributed by atoms with Crippen molar-refractivity contribution in [1.82, 2.24) is 0 Å². The fourth-order valence-electron chi connectivity index (χ4n) is 2.30. The van der Waals surface area contributed by atoms with E-state index < -0.39 is 22.5 Å². The molecule has 0 fully saturated rings. The SMILES string of the molecule is O=C(Nc1ccccc1Cl)C1=C(Cl)C(=O)c2ccccc2C1=O. The number of hydrogen-bond donors (Lipinski definition) is 1. The van der Waals surface area contributed by atoms with Crippen molar-refractivity contribution in [3.05, 3.63) is 75.3 Å². The van der Waals surface area contributed by atoms with E-state index in [1.54, 1.807) is 36.4 Å². The molecule has 0 bridgehead atoms. The van der Waals surface area contributed by atoms with Gasteiger partial charge in [0.1, 0.15) is 10.6 Å². The molecule has 1 aliphatic rings. The van der Waals surface area contributed by atoms with Crippen LogP contribution in [0.3, 0.4) is 0 Å². The van der Waals surface area contributed by atoms with Crippen LogP contribution < -0.4 is 5.32 Å². The Balaban J connectivity index is 2.01. The number of amides is 1. The fourth-order valence-corrected chi connectivity index (χ4v) is 2.75. The normalized spacial score (nSPS) is 13.8. The number of Topliss-reactive ketones (excluding diaryl/α,β-unsaturated/α-hetero) is 2. The Labute approximate surface area is 141 Å². The highest BCUT2D eigenvalue weighted by Crippen LogP contribution is 2.30. The topological polar surface area (TPSA) is 63.2 Å². The standard InChI is InChI=1S/C17H9Cl2NO3/c18-11-7-3-4-8-12(11)20-17(23)13-14(19)16(22)10-6-2-1-5-9(10)15(13)21/h1-8H,(H,20,23). The van der Waals surface area contributed by atoms with Gasteiger partial charge in [0, 0.05) is 11.1 Å². The molecule has 0 saturated heterocycles. The van der Waals surface area contributed by atoms with Gasteiger partial charge in [-0.1, -0.05) is 59.6 Å². The molecule has 0 atom stereocenters. The number of allylic oxidation sites excluding steroid dienone is 1. The minimum absolute atomic E-state index is 0.159. The van der Waals surface area contributed by atoms with E-state index in [1.807, 2.05) is 0 Å². The summed E-state index contributed by atoms with van der Waals surface area (Å²) in [5.74, 6) is -1.91. The third kappa shape index (κ3) is 2.67. The Morgan fingerprint density at radius 3 is 2.04 bits per heavy atom. The lowest BCUT2D eigenvalue weighted by molar-refractivity contribution is -0.112. The number of carbonyl (C=O) groups excluding carboxylic acids is 3. The predicted octanol–water partition coefficient (Wildman–Crippen LogP) is 3.85. The zero-order valence-corrected chi connectivity index (χ0v) is 13.1. The molecule has 2 aromatic carbocycles. The maximum absolute atomic E-state index is 12.5. The van der Waals surface area contributed by atoms with Crippen molar-refractivity contribution in [3.63, 3.8) is 0 Å². The third-order valence-electron chi connectivity index (χ3n) is 3.41. The van der Waals surface area contributed by atoms with E-state index in [0.29, 0.717) is 10.7 Å². The lowest BCUT2D eigenvalue weighted by Gasteiger charge is -2.17. The summed E-state index contributed by atoms with van der Waals surface area (Å²) in [6.07, 6.45) is 0. The summed E-state index contributed by atoms with van der Waals surface area (Å²) in [6.45, 7) is 0. The van der Waals surface area contributed by atoms with Gasteiger partial charge < -0.3 is 5.32 Å². The molecule has 114 valence electrons. The number of fused-ring (bicyclic) bond motifs is 1. The molecule has 2 aromatic rings. The highest BCUT2D eigenvalue weighted by molar-refractivity contribution is 6.54. The zero-order valence-electron chi connectivity index (χ0n) is 11.6. The average molecular weight is 346 g/mol. The average Bonchev–Trinajstić information content (AvgIpc) is 2.55. The molecule has 0 saturated carbocycles. The van der Waals surface area contributed by atoms with Crippen molar-refractivity contribution in [3.8, 4) is 0 Å². The van der Waals surface area contributed by atoms with Crippen LogP contribution in [0.25, 0.3) is 0 Å². The molecular weight excluding hydrogens is 337 g/mol. The monoisotopic (exact) mass is 345 g/mol. The lowest BCUT2D eigenvalue weighted by atomic mass is 9.89. The van der Waals surface area contributed by atoms with Gasteiger partial charge in [-0.15, -0.1) is 0 Å². The molecule has 1 amide bonds. The molecule has 1 N–H and O–H groups in total. The van der Waals surface area contributed by atoms with Crippen LogP contribution in [-0.2, 0) is 4.79 Å². The molecule has 1 aliphatic carbocycles. The van der Waals surface area contributed by atoms with Crippen LogP contribution in [0.1, 0.15) is 20.7 Å². The summed E-state index contributed by atoms with van der Waals surface area (Å²) in [6, 6.07) is 12.8. The van der Waals surface area contributed by atoms with Crippen LogP contribution in [0.15, 0.2) is 59.1 Å². The van der Waals surface area contributed by atoms with Crippen LogP contribution in [0.4, 0.5) is 5.69 Å². The van der Waals surface area contributed by atoms with Gasteiger partial charge in [0.25, 0.3) is 5.91 Å². The van der Waals surface area contributed by atoms with Gasteiger partial charge in [-0.25, -0.2) is 0 Å². The van der Waals surface area contributed by atoms with Crippen molar-refractivity contribution in [2.45, 2.75) is 0 Å². The summed E-state index contributed by atoms with van der Waals surface area (Å²) >= 11 is 11.9. The van der Waals surface area contributed by atoms with Crippen molar-refractivity contribution < 1.29 is 14.4 Å². The van der Waals surface area contributed by atoms with Gasteiger partial charge in [0.2, 0.25) is 11.6 Å². The second-order valence-electron chi connectivity index (χ2n) is 4.83. The number of halogens is 2. The quantitative estimate of drug-likeness (QED) is 0.840. The van der Waals surface area contributed by atoms with E-state index in [1.165, 1.54) is 12.1 Å². The summed E-state index contributed by atoms with van der Waals surface area (Å²) < 4.78 is 0. The maximum Gasteiger partial charge on any atom is 0.261 e. The molecular formula is C17H9Cl2NO3. The maximum atomic E-state index is 12.5. The summed E-state index contributed by atoms with van der Waals surface area (Å²) in [5.41, 5.74) is 0.300. The van der Waals surface area contributed by atoms with Gasteiger partial charge in [0.05, 0.1) is 10.7 Å². The number of nitrogens with one attached hydrogen (secondary N) is 1. The summed E-state index contributed by atoms with van der Waals surface area (Å²) in [4.78, 5) is 37.2. The van der Waals surface area contributed by atoms with Crippen molar-refractivity contribution >= 4 is 46.4 Å². The van der Waals surface area contributed by atoms with E-state index in [2.05, 4.69) is 5.32 Å². The molecule has 6 heteroatoms. The van der Waals surface area contributed by atoms with Gasteiger partial charge in [-0.3, -0.25) is 14.4 Å². The molecule has 0 radical (unpaired) electrons. The van der Waals surface area contributed by atoms with E-state index >= 15 is 0 Å². The van der Waals surface area contributed by atoms with Crippen LogP contribution in [0.5, 0.6) is 0 Å². The van der Waals surface area contributed by atoms with Crippen LogP contribution in [-0.4, -0.2) is 17.5 Å². The zero-order chi connectivity index (χ0) is 16.6. The molecule has 0 unspecified atom stereocenters. The minimum atomic E-state index is -0.768. The van der Waals surface area contributed by atoms with Crippen molar-refractivity contribution in [1.29, 1.82) is 0 Å². The first-order chi connectivity index (χ1) is 11.0. The lowest BCUT2D eigenvalue weighted by Crippen LogP contribution is -2.28. The van der Waals surface area contributed by atoms with E-state index in [-0.39, 0.29) is 16.7 Å². The Bertz CT molecular complexity index is 887. The van der Waals surface area contributed by atoms with Crippen LogP contribution in [0, 0.1) is 0 Å². The summed E-state index contributed by atoms with van der Waals surface area (Å²) in [5, 5.41) is 2.43. The van der Waals surface area contributed by atoms with Crippen molar-refractivity contribution in [2.24, 2.45) is 0 Å². The second kappa shape index (κ2) is 5.99. The number of benzene rings is 2. The Morgan fingerprint density at radius 1 is 0.826 bits per heavy atom. The van der Waals surface area contributed by atoms with Gasteiger partial charge in [-0.05, 0) is 12.1 Å². The first kappa shape index (κ1) is 15.5.